The molecule has 2 heterocycles. The molecule has 0 spiro atoms. The Morgan fingerprint density at radius 1 is 1.00 bits per heavy atom. The number of ether oxygens (including phenoxy) is 1. The molecular formula is C26H25N3O4. The molecule has 2 aromatic carbocycles. The zero-order valence-corrected chi connectivity index (χ0v) is 19.0. The second-order valence-corrected chi connectivity index (χ2v) is 7.80. The Morgan fingerprint density at radius 3 is 2.36 bits per heavy atom. The van der Waals surface area contributed by atoms with Crippen molar-refractivity contribution in [1.82, 2.24) is 9.88 Å². The van der Waals surface area contributed by atoms with Gasteiger partial charge in [-0.25, -0.2) is 9.69 Å². The molecule has 0 saturated carbocycles. The van der Waals surface area contributed by atoms with E-state index in [1.165, 1.54) is 12.7 Å². The Balaban J connectivity index is 1.76. The average molecular weight is 444 g/mol. The van der Waals surface area contributed by atoms with Crippen molar-refractivity contribution in [3.05, 3.63) is 82.7 Å². The molecule has 0 aliphatic carbocycles. The van der Waals surface area contributed by atoms with E-state index in [1.54, 1.807) is 30.3 Å². The van der Waals surface area contributed by atoms with Gasteiger partial charge < -0.3 is 9.30 Å². The van der Waals surface area contributed by atoms with Crippen LogP contribution in [0.1, 0.15) is 29.4 Å². The third kappa shape index (κ3) is 3.93. The molecule has 1 saturated heterocycles. The molecule has 0 atom stereocenters. The van der Waals surface area contributed by atoms with Gasteiger partial charge in [0.15, 0.2) is 0 Å². The van der Waals surface area contributed by atoms with Gasteiger partial charge in [-0.3, -0.25) is 14.9 Å². The zero-order valence-electron chi connectivity index (χ0n) is 19.0. The topological polar surface area (TPSA) is 80.6 Å². The number of amides is 4. The summed E-state index contributed by atoms with van der Waals surface area (Å²) in [7, 11) is 1.53. The van der Waals surface area contributed by atoms with Gasteiger partial charge in [0.1, 0.15) is 11.3 Å². The second-order valence-electron chi connectivity index (χ2n) is 7.80. The van der Waals surface area contributed by atoms with Gasteiger partial charge in [0, 0.05) is 17.1 Å². The van der Waals surface area contributed by atoms with Crippen molar-refractivity contribution in [3.8, 4) is 11.4 Å². The summed E-state index contributed by atoms with van der Waals surface area (Å²) in [5.74, 6) is -0.795. The first-order chi connectivity index (χ1) is 15.8. The Bertz CT molecular complexity index is 1290. The summed E-state index contributed by atoms with van der Waals surface area (Å²) in [6.07, 6.45) is 2.43. The molecule has 33 heavy (non-hydrogen) atoms. The summed E-state index contributed by atoms with van der Waals surface area (Å²) >= 11 is 0. The molecule has 0 bridgehead atoms. The molecule has 1 aliphatic rings. The highest BCUT2D eigenvalue weighted by molar-refractivity contribution is 6.39. The van der Waals surface area contributed by atoms with E-state index in [0.717, 1.165) is 34.0 Å². The van der Waals surface area contributed by atoms with Crippen molar-refractivity contribution in [1.29, 1.82) is 0 Å². The van der Waals surface area contributed by atoms with Gasteiger partial charge in [-0.2, -0.15) is 0 Å². The van der Waals surface area contributed by atoms with Crippen molar-refractivity contribution >= 4 is 29.6 Å². The minimum absolute atomic E-state index is 0.102. The molecule has 7 nitrogen and oxygen atoms in total. The lowest BCUT2D eigenvalue weighted by atomic mass is 10.1. The normalized spacial score (nSPS) is 15.2. The Hall–Kier alpha value is -4.13. The number of hydrogen-bond acceptors (Lipinski definition) is 4. The maximum atomic E-state index is 13.2. The molecule has 1 aromatic heterocycles. The molecule has 3 aromatic rings. The van der Waals surface area contributed by atoms with Gasteiger partial charge in [0.25, 0.3) is 11.8 Å². The van der Waals surface area contributed by atoms with Crippen molar-refractivity contribution in [2.45, 2.75) is 27.2 Å². The number of aryl methyl sites for hydroxylation is 2. The fourth-order valence-electron chi connectivity index (χ4n) is 4.11. The number of hydrogen-bond donors (Lipinski definition) is 1. The van der Waals surface area contributed by atoms with E-state index in [0.29, 0.717) is 11.4 Å². The molecule has 168 valence electrons. The van der Waals surface area contributed by atoms with Gasteiger partial charge in [0.2, 0.25) is 0 Å². The standard InChI is InChI=1S/C26H25N3O4/c1-5-18-8-6-7-9-23(18)28-16(2)14-19(17(28)3)15-22-24(30)27-26(32)29(25(22)31)20-10-12-21(33-4)13-11-20/h6-15H,5H2,1-4H3,(H,27,30,32)/b22-15+. The van der Waals surface area contributed by atoms with Crippen molar-refractivity contribution in [2.24, 2.45) is 0 Å². The lowest BCUT2D eigenvalue weighted by Gasteiger charge is -2.26. The zero-order chi connectivity index (χ0) is 23.7. The fourth-order valence-corrected chi connectivity index (χ4v) is 4.11. The molecule has 1 N–H and O–H groups in total. The van der Waals surface area contributed by atoms with Crippen LogP contribution in [0.15, 0.2) is 60.2 Å². The van der Waals surface area contributed by atoms with Crippen molar-refractivity contribution in [3.63, 3.8) is 0 Å². The van der Waals surface area contributed by atoms with Crippen LogP contribution >= 0.6 is 0 Å². The quantitative estimate of drug-likeness (QED) is 0.470. The summed E-state index contributed by atoms with van der Waals surface area (Å²) in [6, 6.07) is 15.8. The van der Waals surface area contributed by atoms with E-state index in [4.69, 9.17) is 4.74 Å². The van der Waals surface area contributed by atoms with Crippen LogP contribution in [-0.4, -0.2) is 29.5 Å². The summed E-state index contributed by atoms with van der Waals surface area (Å²) in [5.41, 5.74) is 5.12. The lowest BCUT2D eigenvalue weighted by molar-refractivity contribution is -0.122. The smallest absolute Gasteiger partial charge is 0.335 e. The lowest BCUT2D eigenvalue weighted by Crippen LogP contribution is -2.54. The van der Waals surface area contributed by atoms with E-state index in [1.807, 2.05) is 32.0 Å². The molecule has 4 rings (SSSR count). The Labute approximate surface area is 192 Å². The van der Waals surface area contributed by atoms with Crippen LogP contribution < -0.4 is 15.0 Å². The number of para-hydroxylation sites is 1. The van der Waals surface area contributed by atoms with Crippen LogP contribution in [0, 0.1) is 13.8 Å². The predicted octanol–water partition coefficient (Wildman–Crippen LogP) is 4.33. The summed E-state index contributed by atoms with van der Waals surface area (Å²) in [6.45, 7) is 6.03. The van der Waals surface area contributed by atoms with E-state index in [-0.39, 0.29) is 5.57 Å². The average Bonchev–Trinajstić information content (AvgIpc) is 3.09. The van der Waals surface area contributed by atoms with Gasteiger partial charge in [0.05, 0.1) is 12.8 Å². The van der Waals surface area contributed by atoms with E-state index >= 15 is 0 Å². The van der Waals surface area contributed by atoms with Gasteiger partial charge in [-0.1, -0.05) is 25.1 Å². The van der Waals surface area contributed by atoms with Crippen LogP contribution in [0.2, 0.25) is 0 Å². The number of benzene rings is 2. The number of carbonyl (C=O) groups excluding carboxylic acids is 3. The molecule has 7 heteroatoms. The maximum Gasteiger partial charge on any atom is 0.335 e. The van der Waals surface area contributed by atoms with Crippen LogP contribution in [0.4, 0.5) is 10.5 Å². The number of nitrogens with zero attached hydrogens (tertiary/aromatic N) is 2. The summed E-state index contributed by atoms with van der Waals surface area (Å²) in [5, 5.41) is 2.27. The van der Waals surface area contributed by atoms with Gasteiger partial charge >= 0.3 is 6.03 Å². The predicted molar refractivity (Wildman–Crippen MR) is 127 cm³/mol. The van der Waals surface area contributed by atoms with E-state index in [9.17, 15) is 14.4 Å². The number of carbonyl (C=O) groups is 3. The first-order valence-corrected chi connectivity index (χ1v) is 10.7. The number of aromatic nitrogens is 1. The minimum atomic E-state index is -0.783. The summed E-state index contributed by atoms with van der Waals surface area (Å²) in [4.78, 5) is 39.2. The fraction of sp³-hybridized carbons (Fsp3) is 0.192. The number of rotatable bonds is 5. The third-order valence-corrected chi connectivity index (χ3v) is 5.82. The van der Waals surface area contributed by atoms with Crippen LogP contribution in [-0.2, 0) is 16.0 Å². The number of anilines is 1. The van der Waals surface area contributed by atoms with Gasteiger partial charge in [-0.15, -0.1) is 0 Å². The molecular weight excluding hydrogens is 418 g/mol. The number of imide groups is 2. The second kappa shape index (κ2) is 8.78. The number of barbiturate groups is 1. The largest absolute Gasteiger partial charge is 0.497 e. The Morgan fingerprint density at radius 2 is 1.70 bits per heavy atom. The first kappa shape index (κ1) is 22.1. The first-order valence-electron chi connectivity index (χ1n) is 10.7. The van der Waals surface area contributed by atoms with E-state index < -0.39 is 17.8 Å². The van der Waals surface area contributed by atoms with Crippen LogP contribution in [0.3, 0.4) is 0 Å². The number of nitrogens with one attached hydrogen (secondary N) is 1. The maximum absolute atomic E-state index is 13.2. The van der Waals surface area contributed by atoms with Crippen molar-refractivity contribution in [2.75, 3.05) is 12.0 Å². The monoisotopic (exact) mass is 443 g/mol. The third-order valence-electron chi connectivity index (χ3n) is 5.82. The Kier molecular flexibility index (Phi) is 5.87. The molecule has 4 amide bonds. The highest BCUT2D eigenvalue weighted by atomic mass is 16.5. The van der Waals surface area contributed by atoms with Crippen molar-refractivity contribution < 1.29 is 19.1 Å². The molecule has 0 radical (unpaired) electrons. The molecule has 1 fully saturated rings. The number of methoxy groups -OCH3 is 1. The highest BCUT2D eigenvalue weighted by Gasteiger charge is 2.37. The highest BCUT2D eigenvalue weighted by Crippen LogP contribution is 2.28. The van der Waals surface area contributed by atoms with Gasteiger partial charge in [-0.05, 0) is 73.9 Å². The van der Waals surface area contributed by atoms with Crippen LogP contribution in [0.25, 0.3) is 11.8 Å². The molecule has 1 aliphatic heterocycles. The minimum Gasteiger partial charge on any atom is -0.497 e. The van der Waals surface area contributed by atoms with Crippen LogP contribution in [0.5, 0.6) is 5.75 Å². The number of urea groups is 1. The molecule has 0 unspecified atom stereocenters. The summed E-state index contributed by atoms with van der Waals surface area (Å²) < 4.78 is 7.25. The van der Waals surface area contributed by atoms with E-state index in [2.05, 4.69) is 28.9 Å². The SMILES string of the molecule is CCc1ccccc1-n1c(C)cc(/C=C2\C(=O)NC(=O)N(c3ccc(OC)cc3)C2=O)c1C.